The number of benzene rings is 1. The summed E-state index contributed by atoms with van der Waals surface area (Å²) in [5.74, 6) is 0.178. The highest BCUT2D eigenvalue weighted by molar-refractivity contribution is 6.31. The summed E-state index contributed by atoms with van der Waals surface area (Å²) in [5.41, 5.74) is 1.37. The van der Waals surface area contributed by atoms with Crippen LogP contribution in [0.3, 0.4) is 0 Å². The molecule has 5 nitrogen and oxygen atoms in total. The number of methoxy groups -OCH3 is 1. The normalized spacial score (nSPS) is 18.1. The molecule has 102 valence electrons. The van der Waals surface area contributed by atoms with Crippen LogP contribution in [0.1, 0.15) is 18.4 Å². The summed E-state index contributed by atoms with van der Waals surface area (Å²) in [7, 11) is 1.52. The summed E-state index contributed by atoms with van der Waals surface area (Å²) in [6, 6.07) is 2.91. The van der Waals surface area contributed by atoms with E-state index in [1.54, 1.807) is 12.1 Å². The average molecular weight is 283 g/mol. The SMILES string of the molecule is COc1cc(C)c(Cl)cc1NC(=O)C1CCC(=O)N1. The van der Waals surface area contributed by atoms with Crippen LogP contribution in [0.5, 0.6) is 5.75 Å². The highest BCUT2D eigenvalue weighted by Gasteiger charge is 2.27. The first kappa shape index (κ1) is 13.7. The summed E-state index contributed by atoms with van der Waals surface area (Å²) < 4.78 is 5.21. The second kappa shape index (κ2) is 5.48. The van der Waals surface area contributed by atoms with E-state index >= 15 is 0 Å². The van der Waals surface area contributed by atoms with Gasteiger partial charge < -0.3 is 15.4 Å². The molecular formula is C13H15ClN2O3. The molecule has 2 rings (SSSR count). The van der Waals surface area contributed by atoms with Crippen molar-refractivity contribution in [2.45, 2.75) is 25.8 Å². The minimum Gasteiger partial charge on any atom is -0.495 e. The lowest BCUT2D eigenvalue weighted by Crippen LogP contribution is -2.37. The maximum absolute atomic E-state index is 12.0. The number of ether oxygens (including phenoxy) is 1. The number of aryl methyl sites for hydroxylation is 1. The maximum atomic E-state index is 12.0. The molecule has 1 aliphatic rings. The van der Waals surface area contributed by atoms with E-state index in [1.165, 1.54) is 7.11 Å². The van der Waals surface area contributed by atoms with Gasteiger partial charge in [0.15, 0.2) is 0 Å². The van der Waals surface area contributed by atoms with Crippen molar-refractivity contribution in [1.82, 2.24) is 5.32 Å². The Morgan fingerprint density at radius 2 is 2.26 bits per heavy atom. The van der Waals surface area contributed by atoms with Crippen LogP contribution >= 0.6 is 11.6 Å². The number of anilines is 1. The molecule has 1 aromatic carbocycles. The zero-order valence-electron chi connectivity index (χ0n) is 10.7. The zero-order valence-corrected chi connectivity index (χ0v) is 11.5. The van der Waals surface area contributed by atoms with Crippen LogP contribution in [-0.2, 0) is 9.59 Å². The van der Waals surface area contributed by atoms with Gasteiger partial charge in [-0.1, -0.05) is 11.6 Å². The van der Waals surface area contributed by atoms with Crippen molar-refractivity contribution in [1.29, 1.82) is 0 Å². The molecular weight excluding hydrogens is 268 g/mol. The van der Waals surface area contributed by atoms with Gasteiger partial charge in [0.05, 0.1) is 12.8 Å². The molecule has 1 fully saturated rings. The molecule has 2 amide bonds. The van der Waals surface area contributed by atoms with Crippen LogP contribution in [0.2, 0.25) is 5.02 Å². The number of hydrogen-bond acceptors (Lipinski definition) is 3. The van der Waals surface area contributed by atoms with Crippen LogP contribution < -0.4 is 15.4 Å². The van der Waals surface area contributed by atoms with Gasteiger partial charge in [-0.3, -0.25) is 9.59 Å². The Kier molecular flexibility index (Phi) is 3.95. The second-order valence-corrected chi connectivity index (χ2v) is 4.86. The van der Waals surface area contributed by atoms with Gasteiger partial charge in [-0.25, -0.2) is 0 Å². The van der Waals surface area contributed by atoms with Gasteiger partial charge in [-0.2, -0.15) is 0 Å². The minimum absolute atomic E-state index is 0.103. The van der Waals surface area contributed by atoms with E-state index in [0.29, 0.717) is 29.3 Å². The maximum Gasteiger partial charge on any atom is 0.247 e. The first-order valence-corrected chi connectivity index (χ1v) is 6.33. The van der Waals surface area contributed by atoms with Crippen LogP contribution in [0, 0.1) is 6.92 Å². The molecule has 0 aliphatic carbocycles. The Morgan fingerprint density at radius 3 is 2.84 bits per heavy atom. The topological polar surface area (TPSA) is 67.4 Å². The van der Waals surface area contributed by atoms with E-state index in [0.717, 1.165) is 5.56 Å². The molecule has 1 aliphatic heterocycles. The first-order chi connectivity index (χ1) is 9.01. The van der Waals surface area contributed by atoms with E-state index in [9.17, 15) is 9.59 Å². The van der Waals surface area contributed by atoms with Crippen LogP contribution in [-0.4, -0.2) is 25.0 Å². The van der Waals surface area contributed by atoms with Gasteiger partial charge in [0.25, 0.3) is 0 Å². The molecule has 2 N–H and O–H groups in total. The Hall–Kier alpha value is -1.75. The summed E-state index contributed by atoms with van der Waals surface area (Å²) in [5, 5.41) is 5.89. The lowest BCUT2D eigenvalue weighted by atomic mass is 10.1. The number of carbonyl (C=O) groups excluding carboxylic acids is 2. The van der Waals surface area contributed by atoms with Gasteiger partial charge >= 0.3 is 0 Å². The number of halogens is 1. The first-order valence-electron chi connectivity index (χ1n) is 5.95. The highest BCUT2D eigenvalue weighted by Crippen LogP contribution is 2.31. The third-order valence-corrected chi connectivity index (χ3v) is 3.46. The quantitative estimate of drug-likeness (QED) is 0.889. The lowest BCUT2D eigenvalue weighted by molar-refractivity contribution is -0.122. The molecule has 19 heavy (non-hydrogen) atoms. The molecule has 0 aromatic heterocycles. The summed E-state index contributed by atoms with van der Waals surface area (Å²) in [6.07, 6.45) is 0.885. The van der Waals surface area contributed by atoms with Crippen molar-refractivity contribution in [3.8, 4) is 5.75 Å². The third-order valence-electron chi connectivity index (χ3n) is 3.05. The molecule has 1 saturated heterocycles. The molecule has 0 bridgehead atoms. The van der Waals surface area contributed by atoms with E-state index < -0.39 is 6.04 Å². The van der Waals surface area contributed by atoms with Gasteiger partial charge in [-0.15, -0.1) is 0 Å². The summed E-state index contributed by atoms with van der Waals surface area (Å²) >= 11 is 6.03. The minimum atomic E-state index is -0.489. The van der Waals surface area contributed by atoms with Crippen molar-refractivity contribution >= 4 is 29.1 Å². The molecule has 0 radical (unpaired) electrons. The van der Waals surface area contributed by atoms with Gasteiger partial charge in [-0.05, 0) is 31.0 Å². The smallest absolute Gasteiger partial charge is 0.247 e. The van der Waals surface area contributed by atoms with E-state index in [2.05, 4.69) is 10.6 Å². The molecule has 0 saturated carbocycles. The molecule has 1 atom stereocenters. The molecule has 6 heteroatoms. The Bertz CT molecular complexity index is 531. The summed E-state index contributed by atoms with van der Waals surface area (Å²) in [4.78, 5) is 23.1. The van der Waals surface area contributed by atoms with Crippen molar-refractivity contribution in [2.75, 3.05) is 12.4 Å². The fourth-order valence-corrected chi connectivity index (χ4v) is 2.12. The zero-order chi connectivity index (χ0) is 14.0. The predicted molar refractivity (Wildman–Crippen MR) is 72.5 cm³/mol. The van der Waals surface area contributed by atoms with E-state index in [1.807, 2.05) is 6.92 Å². The Labute approximate surface area is 116 Å². The van der Waals surface area contributed by atoms with E-state index in [4.69, 9.17) is 16.3 Å². The third kappa shape index (κ3) is 2.98. The predicted octanol–water partition coefficient (Wildman–Crippen LogP) is 1.87. The fourth-order valence-electron chi connectivity index (χ4n) is 1.95. The number of amides is 2. The standard InChI is InChI=1S/C13H15ClN2O3/c1-7-5-11(19-2)10(6-8(7)14)16-13(18)9-3-4-12(17)15-9/h5-6,9H,3-4H2,1-2H3,(H,15,17)(H,16,18). The van der Waals surface area contributed by atoms with Gasteiger partial charge in [0.1, 0.15) is 11.8 Å². The van der Waals surface area contributed by atoms with Gasteiger partial charge in [0.2, 0.25) is 11.8 Å². The van der Waals surface area contributed by atoms with Crippen LogP contribution in [0.15, 0.2) is 12.1 Å². The highest BCUT2D eigenvalue weighted by atomic mass is 35.5. The number of hydrogen-bond donors (Lipinski definition) is 2. The summed E-state index contributed by atoms with van der Waals surface area (Å²) in [6.45, 7) is 1.85. The fraction of sp³-hybridized carbons (Fsp3) is 0.385. The number of carbonyl (C=O) groups is 2. The second-order valence-electron chi connectivity index (χ2n) is 4.45. The van der Waals surface area contributed by atoms with Crippen molar-refractivity contribution in [3.05, 3.63) is 22.7 Å². The molecule has 1 unspecified atom stereocenters. The van der Waals surface area contributed by atoms with Crippen molar-refractivity contribution in [2.24, 2.45) is 0 Å². The Balaban J connectivity index is 2.16. The Morgan fingerprint density at radius 1 is 1.53 bits per heavy atom. The molecule has 1 heterocycles. The largest absolute Gasteiger partial charge is 0.495 e. The van der Waals surface area contributed by atoms with Crippen LogP contribution in [0.4, 0.5) is 5.69 Å². The van der Waals surface area contributed by atoms with E-state index in [-0.39, 0.29) is 11.8 Å². The van der Waals surface area contributed by atoms with Gasteiger partial charge in [0, 0.05) is 11.4 Å². The number of nitrogens with one attached hydrogen (secondary N) is 2. The average Bonchev–Trinajstić information content (AvgIpc) is 2.80. The van der Waals surface area contributed by atoms with Crippen molar-refractivity contribution < 1.29 is 14.3 Å². The van der Waals surface area contributed by atoms with Crippen LogP contribution in [0.25, 0.3) is 0 Å². The monoisotopic (exact) mass is 282 g/mol. The van der Waals surface area contributed by atoms with Crippen molar-refractivity contribution in [3.63, 3.8) is 0 Å². The lowest BCUT2D eigenvalue weighted by Gasteiger charge is -2.15. The molecule has 1 aromatic rings. The number of rotatable bonds is 3. The molecule has 0 spiro atoms.